The van der Waals surface area contributed by atoms with E-state index in [1.807, 2.05) is 4.90 Å². The van der Waals surface area contributed by atoms with Crippen LogP contribution in [-0.2, 0) is 9.53 Å². The summed E-state index contributed by atoms with van der Waals surface area (Å²) in [7, 11) is 0. The van der Waals surface area contributed by atoms with Gasteiger partial charge in [0.25, 0.3) is 0 Å². The van der Waals surface area contributed by atoms with Crippen LogP contribution in [0.15, 0.2) is 0 Å². The lowest BCUT2D eigenvalue weighted by atomic mass is 9.75. The van der Waals surface area contributed by atoms with Gasteiger partial charge in [-0.25, -0.2) is 4.79 Å². The third-order valence-electron chi connectivity index (χ3n) is 7.18. The van der Waals surface area contributed by atoms with Gasteiger partial charge in [-0.2, -0.15) is 0 Å². The van der Waals surface area contributed by atoms with Crippen LogP contribution in [0.3, 0.4) is 0 Å². The summed E-state index contributed by atoms with van der Waals surface area (Å²) in [6.07, 6.45) is 8.21. The van der Waals surface area contributed by atoms with Crippen molar-refractivity contribution in [3.63, 3.8) is 0 Å². The Labute approximate surface area is 162 Å². The first-order chi connectivity index (χ1) is 13.1. The van der Waals surface area contributed by atoms with Gasteiger partial charge in [-0.1, -0.05) is 5.92 Å². The number of ether oxygens (including phenoxy) is 1. The summed E-state index contributed by atoms with van der Waals surface area (Å²) in [5.41, 5.74) is 0.203. The van der Waals surface area contributed by atoms with Gasteiger partial charge < -0.3 is 19.9 Å². The average Bonchev–Trinajstić information content (AvgIpc) is 3.01. The van der Waals surface area contributed by atoms with Crippen LogP contribution >= 0.6 is 0 Å². The maximum absolute atomic E-state index is 12.6. The Balaban J connectivity index is 1.35. The van der Waals surface area contributed by atoms with Crippen LogP contribution in [0.5, 0.6) is 0 Å². The van der Waals surface area contributed by atoms with Crippen molar-refractivity contribution in [1.82, 2.24) is 15.1 Å². The van der Waals surface area contributed by atoms with E-state index < -0.39 is 0 Å². The summed E-state index contributed by atoms with van der Waals surface area (Å²) in [5.74, 6) is 5.81. The zero-order valence-corrected chi connectivity index (χ0v) is 16.3. The largest absolute Gasteiger partial charge is 0.436 e. The molecule has 6 heteroatoms. The fraction of sp³-hybridized carbons (Fsp3) is 0.810. The minimum absolute atomic E-state index is 0.181. The van der Waals surface area contributed by atoms with Crippen molar-refractivity contribution >= 4 is 12.0 Å². The van der Waals surface area contributed by atoms with E-state index in [1.54, 1.807) is 6.92 Å². The molecule has 2 bridgehead atoms. The third kappa shape index (κ3) is 3.80. The monoisotopic (exact) mass is 373 g/mol. The number of nitrogens with zero attached hydrogens (tertiary/aromatic N) is 2. The van der Waals surface area contributed by atoms with Crippen LogP contribution in [0.25, 0.3) is 0 Å². The smallest absolute Gasteiger partial charge is 0.411 e. The topological polar surface area (TPSA) is 61.9 Å². The number of amides is 2. The Hall–Kier alpha value is -1.74. The molecule has 2 atom stereocenters. The van der Waals surface area contributed by atoms with E-state index in [2.05, 4.69) is 22.1 Å². The molecule has 2 amide bonds. The number of nitrogens with one attached hydrogen (secondary N) is 1. The molecule has 4 saturated heterocycles. The lowest BCUT2D eigenvalue weighted by molar-refractivity contribution is -0.119. The molecule has 0 radical (unpaired) electrons. The molecule has 4 fully saturated rings. The van der Waals surface area contributed by atoms with Gasteiger partial charge in [-0.15, -0.1) is 5.92 Å². The van der Waals surface area contributed by atoms with Crippen LogP contribution < -0.4 is 5.32 Å². The van der Waals surface area contributed by atoms with E-state index in [-0.39, 0.29) is 24.0 Å². The van der Waals surface area contributed by atoms with Crippen molar-refractivity contribution in [3.05, 3.63) is 0 Å². The van der Waals surface area contributed by atoms with E-state index in [0.29, 0.717) is 24.5 Å². The van der Waals surface area contributed by atoms with Gasteiger partial charge in [-0.3, -0.25) is 4.79 Å². The van der Waals surface area contributed by atoms with Crippen molar-refractivity contribution in [3.8, 4) is 11.8 Å². The molecule has 4 heterocycles. The van der Waals surface area contributed by atoms with Gasteiger partial charge in [0.1, 0.15) is 0 Å². The van der Waals surface area contributed by atoms with E-state index in [0.717, 1.165) is 58.2 Å². The molecule has 6 nitrogen and oxygen atoms in total. The molecule has 4 aliphatic rings. The highest BCUT2D eigenvalue weighted by Gasteiger charge is 2.46. The Morgan fingerprint density at radius 2 is 1.93 bits per heavy atom. The van der Waals surface area contributed by atoms with Gasteiger partial charge in [0.05, 0.1) is 0 Å². The summed E-state index contributed by atoms with van der Waals surface area (Å²) in [5, 5.41) is 3.02. The van der Waals surface area contributed by atoms with Crippen molar-refractivity contribution in [2.75, 3.05) is 26.2 Å². The van der Waals surface area contributed by atoms with E-state index in [9.17, 15) is 9.59 Å². The molecule has 27 heavy (non-hydrogen) atoms. The molecule has 0 aliphatic carbocycles. The molecule has 4 aliphatic heterocycles. The minimum atomic E-state index is -0.181. The number of likely N-dealkylation sites (tertiary alicyclic amines) is 1. The molecule has 148 valence electrons. The Morgan fingerprint density at radius 1 is 1.22 bits per heavy atom. The molecule has 0 saturated carbocycles. The van der Waals surface area contributed by atoms with Crippen LogP contribution in [-0.4, -0.2) is 66.2 Å². The summed E-state index contributed by atoms with van der Waals surface area (Å²) in [4.78, 5) is 28.8. The highest BCUT2D eigenvalue weighted by molar-refractivity contribution is 5.79. The van der Waals surface area contributed by atoms with E-state index in [1.165, 1.54) is 6.42 Å². The zero-order chi connectivity index (χ0) is 18.9. The predicted octanol–water partition coefficient (Wildman–Crippen LogP) is 2.13. The van der Waals surface area contributed by atoms with Crippen LogP contribution in [0.2, 0.25) is 0 Å². The Kier molecular flexibility index (Phi) is 5.32. The Morgan fingerprint density at radius 3 is 2.52 bits per heavy atom. The normalized spacial score (nSPS) is 32.6. The molecule has 0 aromatic rings. The molecule has 1 spiro atoms. The molecule has 0 aromatic heterocycles. The number of rotatable bonds is 2. The standard InChI is InChI=1S/C21H31N3O3/c1-2-3-11-27-20(26)24-16-5-4-6-17(24)13-18(12-16)23-9-7-21(8-10-23)14-19(25)22-15-21/h16-18H,4-15H2,1H3,(H,22,25). The second-order valence-electron chi connectivity index (χ2n) is 8.74. The van der Waals surface area contributed by atoms with Crippen molar-refractivity contribution in [2.24, 2.45) is 5.41 Å². The summed E-state index contributed by atoms with van der Waals surface area (Å²) >= 11 is 0. The van der Waals surface area contributed by atoms with Crippen molar-refractivity contribution in [2.45, 2.75) is 76.4 Å². The van der Waals surface area contributed by atoms with Gasteiger partial charge >= 0.3 is 6.09 Å². The molecular weight excluding hydrogens is 342 g/mol. The first-order valence-corrected chi connectivity index (χ1v) is 10.5. The number of piperidine rings is 3. The number of hydrogen-bond acceptors (Lipinski definition) is 4. The number of carbonyl (C=O) groups is 2. The first-order valence-electron chi connectivity index (χ1n) is 10.5. The van der Waals surface area contributed by atoms with E-state index >= 15 is 0 Å². The van der Waals surface area contributed by atoms with Crippen molar-refractivity contribution < 1.29 is 14.3 Å². The number of fused-ring (bicyclic) bond motifs is 2. The summed E-state index contributed by atoms with van der Waals surface area (Å²) in [6, 6.07) is 1.16. The lowest BCUT2D eigenvalue weighted by Crippen LogP contribution is -2.60. The zero-order valence-electron chi connectivity index (χ0n) is 16.3. The van der Waals surface area contributed by atoms with Gasteiger partial charge in [0.2, 0.25) is 5.91 Å². The maximum Gasteiger partial charge on any atom is 0.411 e. The summed E-state index contributed by atoms with van der Waals surface area (Å²) < 4.78 is 5.37. The first kappa shape index (κ1) is 18.6. The highest BCUT2D eigenvalue weighted by atomic mass is 16.6. The highest BCUT2D eigenvalue weighted by Crippen LogP contribution is 2.41. The molecule has 1 N–H and O–H groups in total. The minimum Gasteiger partial charge on any atom is -0.436 e. The predicted molar refractivity (Wildman–Crippen MR) is 102 cm³/mol. The van der Waals surface area contributed by atoms with Crippen LogP contribution in [0.1, 0.15) is 58.3 Å². The van der Waals surface area contributed by atoms with E-state index in [4.69, 9.17) is 4.74 Å². The second kappa shape index (κ2) is 7.71. The SMILES string of the molecule is CC#CCOC(=O)N1C2CCCC1CC(N1CCC3(CC1)CNC(=O)C3)C2. The molecular formula is C21H31N3O3. The number of carbonyl (C=O) groups excluding carboxylic acids is 2. The quantitative estimate of drug-likeness (QED) is 0.754. The van der Waals surface area contributed by atoms with Gasteiger partial charge in [0, 0.05) is 31.1 Å². The molecule has 0 aromatic carbocycles. The Bertz CT molecular complexity index is 631. The van der Waals surface area contributed by atoms with Crippen LogP contribution in [0.4, 0.5) is 4.79 Å². The molecule has 2 unspecified atom stereocenters. The van der Waals surface area contributed by atoms with Crippen molar-refractivity contribution in [1.29, 1.82) is 0 Å². The fourth-order valence-electron chi connectivity index (χ4n) is 5.66. The summed E-state index contributed by atoms with van der Waals surface area (Å²) in [6.45, 7) is 4.96. The van der Waals surface area contributed by atoms with Gasteiger partial charge in [0.15, 0.2) is 6.61 Å². The average molecular weight is 373 g/mol. The third-order valence-corrected chi connectivity index (χ3v) is 7.18. The maximum atomic E-state index is 12.6. The van der Waals surface area contributed by atoms with Gasteiger partial charge in [-0.05, 0) is 70.4 Å². The second-order valence-corrected chi connectivity index (χ2v) is 8.74. The molecule has 4 rings (SSSR count). The van der Waals surface area contributed by atoms with Crippen LogP contribution in [0, 0.1) is 17.3 Å². The number of hydrogen-bond donors (Lipinski definition) is 1. The lowest BCUT2D eigenvalue weighted by Gasteiger charge is -2.52. The fourth-order valence-corrected chi connectivity index (χ4v) is 5.66.